The van der Waals surface area contributed by atoms with E-state index in [9.17, 15) is 13.2 Å². The van der Waals surface area contributed by atoms with Crippen LogP contribution >= 0.6 is 15.9 Å². The van der Waals surface area contributed by atoms with E-state index in [2.05, 4.69) is 25.6 Å². The van der Waals surface area contributed by atoms with Crippen molar-refractivity contribution < 1.29 is 17.9 Å². The molecule has 134 valence electrons. The van der Waals surface area contributed by atoms with Crippen molar-refractivity contribution in [2.24, 2.45) is 4.99 Å². The number of ether oxygens (including phenoxy) is 1. The van der Waals surface area contributed by atoms with Crippen LogP contribution in [0.15, 0.2) is 75.0 Å². The van der Waals surface area contributed by atoms with Crippen molar-refractivity contribution in [3.8, 4) is 5.75 Å². The van der Waals surface area contributed by atoms with Crippen LogP contribution in [0.2, 0.25) is 0 Å². The Bertz CT molecular complexity index is 969. The lowest BCUT2D eigenvalue weighted by molar-refractivity contribution is -0.123. The van der Waals surface area contributed by atoms with Gasteiger partial charge in [-0.25, -0.2) is 13.1 Å². The van der Waals surface area contributed by atoms with Crippen LogP contribution in [0.3, 0.4) is 0 Å². The largest absolute Gasteiger partial charge is 0.497 e. The van der Waals surface area contributed by atoms with Crippen molar-refractivity contribution >= 4 is 38.1 Å². The van der Waals surface area contributed by atoms with Gasteiger partial charge in [-0.3, -0.25) is 9.79 Å². The number of benzene rings is 2. The maximum atomic E-state index is 12.9. The first kappa shape index (κ1) is 18.3. The summed E-state index contributed by atoms with van der Waals surface area (Å²) in [4.78, 5) is 17.1. The first-order chi connectivity index (χ1) is 12.4. The highest BCUT2D eigenvalue weighted by molar-refractivity contribution is 9.10. The van der Waals surface area contributed by atoms with E-state index >= 15 is 0 Å². The van der Waals surface area contributed by atoms with Gasteiger partial charge in [0.15, 0.2) is 5.54 Å². The highest BCUT2D eigenvalue weighted by atomic mass is 79.9. The highest BCUT2D eigenvalue weighted by Crippen LogP contribution is 2.32. The third-order valence-electron chi connectivity index (χ3n) is 3.93. The molecule has 0 fully saturated rings. The predicted molar refractivity (Wildman–Crippen MR) is 102 cm³/mol. The lowest BCUT2D eigenvalue weighted by Crippen LogP contribution is -2.43. The van der Waals surface area contributed by atoms with Crippen LogP contribution in [0.5, 0.6) is 5.75 Å². The number of hydrogen-bond donors (Lipinski definition) is 1. The zero-order valence-electron chi connectivity index (χ0n) is 13.7. The van der Waals surface area contributed by atoms with Crippen LogP contribution in [-0.2, 0) is 20.4 Å². The zero-order chi connectivity index (χ0) is 18.8. The minimum atomic E-state index is -4.05. The number of allylic oxidation sites excluding steroid dienone is 1. The van der Waals surface area contributed by atoms with Crippen molar-refractivity contribution in [1.82, 2.24) is 4.72 Å². The van der Waals surface area contributed by atoms with Crippen molar-refractivity contribution in [2.75, 3.05) is 7.11 Å². The van der Waals surface area contributed by atoms with Crippen molar-refractivity contribution in [3.05, 3.63) is 70.7 Å². The third-order valence-corrected chi connectivity index (χ3v) is 5.80. The number of halogens is 1. The molecule has 2 aromatic carbocycles. The molecule has 0 aliphatic carbocycles. The Hall–Kier alpha value is -2.45. The average Bonchev–Trinajstić information content (AvgIpc) is 3.13. The van der Waals surface area contributed by atoms with Crippen molar-refractivity contribution in [3.63, 3.8) is 0 Å². The monoisotopic (exact) mass is 434 g/mol. The lowest BCUT2D eigenvalue weighted by Gasteiger charge is -2.23. The standard InChI is InChI=1S/C18H15BrN2O4S/c1-25-15-7-9-16(10-8-15)26(23,24)21-17(22)18(11-2-12-20-18)13-3-5-14(19)6-4-13/h2-12H,1H3,(H,21,22). The van der Waals surface area contributed by atoms with Gasteiger partial charge < -0.3 is 4.74 Å². The van der Waals surface area contributed by atoms with Crippen molar-refractivity contribution in [1.29, 1.82) is 0 Å². The van der Waals surface area contributed by atoms with E-state index < -0.39 is 21.5 Å². The molecule has 1 amide bonds. The van der Waals surface area contributed by atoms with Gasteiger partial charge in [-0.1, -0.05) is 28.1 Å². The fourth-order valence-electron chi connectivity index (χ4n) is 2.54. The van der Waals surface area contributed by atoms with E-state index in [1.54, 1.807) is 36.4 Å². The van der Waals surface area contributed by atoms with Crippen LogP contribution < -0.4 is 9.46 Å². The molecule has 1 aliphatic heterocycles. The number of carbonyl (C=O) groups excluding carboxylic acids is 1. The molecule has 1 N–H and O–H groups in total. The van der Waals surface area contributed by atoms with Crippen LogP contribution in [-0.4, -0.2) is 27.6 Å². The molecular formula is C18H15BrN2O4S. The summed E-state index contributed by atoms with van der Waals surface area (Å²) in [5.74, 6) is -0.231. The van der Waals surface area contributed by atoms with E-state index in [1.807, 2.05) is 0 Å². The summed E-state index contributed by atoms with van der Waals surface area (Å²) in [5, 5.41) is 0. The highest BCUT2D eigenvalue weighted by Gasteiger charge is 2.40. The second-order valence-corrected chi connectivity index (χ2v) is 8.12. The van der Waals surface area contributed by atoms with Gasteiger partial charge in [0, 0.05) is 10.7 Å². The Morgan fingerprint density at radius 3 is 2.31 bits per heavy atom. The quantitative estimate of drug-likeness (QED) is 0.783. The number of hydrogen-bond acceptors (Lipinski definition) is 5. The zero-order valence-corrected chi connectivity index (χ0v) is 16.1. The molecule has 0 radical (unpaired) electrons. The Balaban J connectivity index is 1.92. The van der Waals surface area contributed by atoms with Gasteiger partial charge in [0.2, 0.25) is 0 Å². The summed E-state index contributed by atoms with van der Waals surface area (Å²) < 4.78 is 33.1. The second-order valence-electron chi connectivity index (χ2n) is 5.52. The first-order valence-electron chi connectivity index (χ1n) is 7.58. The molecule has 2 aromatic rings. The Labute approximate surface area is 159 Å². The van der Waals surface area contributed by atoms with E-state index in [0.717, 1.165) is 4.47 Å². The smallest absolute Gasteiger partial charge is 0.270 e. The van der Waals surface area contributed by atoms with Gasteiger partial charge in [-0.15, -0.1) is 0 Å². The molecule has 1 heterocycles. The molecule has 26 heavy (non-hydrogen) atoms. The number of nitrogens with zero attached hydrogens (tertiary/aromatic N) is 1. The van der Waals surface area contributed by atoms with Gasteiger partial charge in [-0.2, -0.15) is 0 Å². The number of carbonyl (C=O) groups is 1. The Kier molecular flexibility index (Phi) is 4.97. The molecule has 0 aromatic heterocycles. The minimum absolute atomic E-state index is 0.0384. The summed E-state index contributed by atoms with van der Waals surface area (Å²) in [5.41, 5.74) is -0.853. The fourth-order valence-corrected chi connectivity index (χ4v) is 3.82. The lowest BCUT2D eigenvalue weighted by atomic mass is 9.90. The molecule has 6 nitrogen and oxygen atoms in total. The third kappa shape index (κ3) is 3.42. The van der Waals surface area contributed by atoms with Gasteiger partial charge in [0.05, 0.1) is 12.0 Å². The van der Waals surface area contributed by atoms with Crippen LogP contribution in [0.25, 0.3) is 0 Å². The van der Waals surface area contributed by atoms with Crippen molar-refractivity contribution in [2.45, 2.75) is 10.4 Å². The predicted octanol–water partition coefficient (Wildman–Crippen LogP) is 2.80. The Morgan fingerprint density at radius 2 is 1.77 bits per heavy atom. The van der Waals surface area contributed by atoms with E-state index in [4.69, 9.17) is 4.74 Å². The summed E-state index contributed by atoms with van der Waals surface area (Å²) in [6.45, 7) is 0. The number of aliphatic imine (C=N–C) groups is 1. The molecular weight excluding hydrogens is 420 g/mol. The summed E-state index contributed by atoms with van der Waals surface area (Å²) in [6.07, 6.45) is 4.65. The number of methoxy groups -OCH3 is 1. The van der Waals surface area contributed by atoms with E-state index in [0.29, 0.717) is 11.3 Å². The Morgan fingerprint density at radius 1 is 1.12 bits per heavy atom. The normalized spacial score (nSPS) is 18.7. The number of sulfonamides is 1. The molecule has 1 atom stereocenters. The van der Waals surface area contributed by atoms with Gasteiger partial charge >= 0.3 is 0 Å². The van der Waals surface area contributed by atoms with Crippen LogP contribution in [0.4, 0.5) is 0 Å². The first-order valence-corrected chi connectivity index (χ1v) is 9.85. The molecule has 0 spiro atoms. The van der Waals surface area contributed by atoms with Crippen LogP contribution in [0, 0.1) is 0 Å². The molecule has 1 unspecified atom stereocenters. The fraction of sp³-hybridized carbons (Fsp3) is 0.111. The summed E-state index contributed by atoms with van der Waals surface area (Å²) in [6, 6.07) is 12.7. The van der Waals surface area contributed by atoms with Gasteiger partial charge in [0.1, 0.15) is 5.75 Å². The molecule has 0 bridgehead atoms. The molecule has 8 heteroatoms. The van der Waals surface area contributed by atoms with Gasteiger partial charge in [0.25, 0.3) is 15.9 Å². The van der Waals surface area contributed by atoms with Gasteiger partial charge in [-0.05, 0) is 54.1 Å². The maximum Gasteiger partial charge on any atom is 0.270 e. The number of rotatable bonds is 5. The van der Waals surface area contributed by atoms with E-state index in [1.165, 1.54) is 37.6 Å². The average molecular weight is 435 g/mol. The SMILES string of the molecule is COc1ccc(S(=O)(=O)NC(=O)C2(c3ccc(Br)cc3)C=CC=N2)cc1. The maximum absolute atomic E-state index is 12.9. The van der Waals surface area contributed by atoms with E-state index in [-0.39, 0.29) is 4.90 Å². The second kappa shape index (κ2) is 7.05. The molecule has 1 aliphatic rings. The van der Waals surface area contributed by atoms with Crippen LogP contribution in [0.1, 0.15) is 5.56 Å². The number of nitrogens with one attached hydrogen (secondary N) is 1. The summed E-state index contributed by atoms with van der Waals surface area (Å²) >= 11 is 3.34. The number of amides is 1. The molecule has 0 saturated heterocycles. The molecule has 3 rings (SSSR count). The molecule has 0 saturated carbocycles. The summed E-state index contributed by atoms with van der Waals surface area (Å²) in [7, 11) is -2.56. The topological polar surface area (TPSA) is 84.8 Å². The minimum Gasteiger partial charge on any atom is -0.497 e.